The van der Waals surface area contributed by atoms with Crippen molar-refractivity contribution in [2.24, 2.45) is 5.92 Å². The molecule has 0 radical (unpaired) electrons. The van der Waals surface area contributed by atoms with Gasteiger partial charge in [0, 0.05) is 24.8 Å². The summed E-state index contributed by atoms with van der Waals surface area (Å²) in [5.41, 5.74) is 1.15. The van der Waals surface area contributed by atoms with Crippen LogP contribution in [0.4, 0.5) is 5.82 Å². The number of rotatable bonds is 5. The monoisotopic (exact) mass is 261 g/mol. The molecule has 0 unspecified atom stereocenters. The third kappa shape index (κ3) is 3.46. The summed E-state index contributed by atoms with van der Waals surface area (Å²) >= 11 is 0. The smallest absolute Gasteiger partial charge is 0.210 e. The van der Waals surface area contributed by atoms with Crippen LogP contribution in [0, 0.1) is 5.92 Å². The van der Waals surface area contributed by atoms with E-state index in [1.807, 2.05) is 11.0 Å². The molecule has 1 N–H and O–H groups in total. The molecule has 1 aromatic heterocycles. The van der Waals surface area contributed by atoms with Crippen LogP contribution in [0.1, 0.15) is 44.7 Å². The van der Waals surface area contributed by atoms with E-state index in [1.165, 1.54) is 6.42 Å². The van der Waals surface area contributed by atoms with Gasteiger partial charge in [-0.15, -0.1) is 0 Å². The number of likely N-dealkylation sites (tertiary alicyclic amines) is 1. The van der Waals surface area contributed by atoms with Crippen molar-refractivity contribution in [1.82, 2.24) is 9.88 Å². The summed E-state index contributed by atoms with van der Waals surface area (Å²) in [4.78, 5) is 17.6. The lowest BCUT2D eigenvalue weighted by Gasteiger charge is -2.33. The number of anilines is 1. The Balaban J connectivity index is 2.19. The fourth-order valence-corrected chi connectivity index (χ4v) is 2.55. The first-order chi connectivity index (χ1) is 9.22. The second kappa shape index (κ2) is 6.55. The van der Waals surface area contributed by atoms with Crippen molar-refractivity contribution in [1.29, 1.82) is 0 Å². The van der Waals surface area contributed by atoms with E-state index in [0.717, 1.165) is 43.7 Å². The molecule has 104 valence electrons. The van der Waals surface area contributed by atoms with E-state index in [1.54, 1.807) is 6.20 Å². The van der Waals surface area contributed by atoms with Crippen molar-refractivity contribution in [3.63, 3.8) is 0 Å². The lowest BCUT2D eigenvalue weighted by molar-refractivity contribution is -0.121. The number of amides is 1. The molecule has 0 aliphatic carbocycles. The molecule has 0 saturated carbocycles. The van der Waals surface area contributed by atoms with Gasteiger partial charge in [-0.05, 0) is 31.2 Å². The van der Waals surface area contributed by atoms with Gasteiger partial charge < -0.3 is 10.2 Å². The maximum absolute atomic E-state index is 11.2. The van der Waals surface area contributed by atoms with Crippen LogP contribution in [-0.4, -0.2) is 29.4 Å². The minimum absolute atomic E-state index is 0.176. The third-order valence-corrected chi connectivity index (χ3v) is 3.56. The van der Waals surface area contributed by atoms with Gasteiger partial charge >= 0.3 is 0 Å². The first-order valence-electron chi connectivity index (χ1n) is 7.12. The summed E-state index contributed by atoms with van der Waals surface area (Å²) in [7, 11) is 0. The van der Waals surface area contributed by atoms with Crippen LogP contribution in [0.25, 0.3) is 0 Å². The van der Waals surface area contributed by atoms with Gasteiger partial charge in [0.15, 0.2) is 0 Å². The second-order valence-corrected chi connectivity index (χ2v) is 5.57. The quantitative estimate of drug-likeness (QED) is 0.829. The van der Waals surface area contributed by atoms with E-state index in [0.29, 0.717) is 5.92 Å². The number of hydrogen-bond acceptors (Lipinski definition) is 3. The molecule has 1 fully saturated rings. The molecule has 1 aliphatic rings. The first kappa shape index (κ1) is 13.8. The fourth-order valence-electron chi connectivity index (χ4n) is 2.55. The predicted molar refractivity (Wildman–Crippen MR) is 76.9 cm³/mol. The van der Waals surface area contributed by atoms with Crippen molar-refractivity contribution in [3.8, 4) is 0 Å². The Kier molecular flexibility index (Phi) is 4.77. The van der Waals surface area contributed by atoms with Crippen molar-refractivity contribution >= 4 is 12.2 Å². The molecule has 1 saturated heterocycles. The van der Waals surface area contributed by atoms with E-state index in [2.05, 4.69) is 30.2 Å². The van der Waals surface area contributed by atoms with Gasteiger partial charge in [-0.25, -0.2) is 4.98 Å². The highest BCUT2D eigenvalue weighted by Gasteiger charge is 2.25. The highest BCUT2D eigenvalue weighted by atomic mass is 16.1. The summed E-state index contributed by atoms with van der Waals surface area (Å²) in [6, 6.07) is 4.21. The maximum atomic E-state index is 11.2. The lowest BCUT2D eigenvalue weighted by Crippen LogP contribution is -2.32. The molecule has 0 aromatic carbocycles. The lowest BCUT2D eigenvalue weighted by atomic mass is 9.96. The zero-order valence-corrected chi connectivity index (χ0v) is 11.8. The van der Waals surface area contributed by atoms with Crippen LogP contribution in [-0.2, 0) is 4.79 Å². The Morgan fingerprint density at radius 3 is 3.11 bits per heavy atom. The molecular weight excluding hydrogens is 238 g/mol. The SMILES string of the molecule is CC(C)CNc1ncccc1[C@@H]1CCCCN1C=O. The van der Waals surface area contributed by atoms with Gasteiger partial charge in [0.2, 0.25) is 6.41 Å². The molecule has 1 aliphatic heterocycles. The van der Waals surface area contributed by atoms with E-state index in [9.17, 15) is 4.79 Å². The zero-order valence-electron chi connectivity index (χ0n) is 11.8. The molecule has 4 nitrogen and oxygen atoms in total. The number of nitrogens with one attached hydrogen (secondary N) is 1. The first-order valence-corrected chi connectivity index (χ1v) is 7.12. The third-order valence-electron chi connectivity index (χ3n) is 3.56. The minimum Gasteiger partial charge on any atom is -0.370 e. The van der Waals surface area contributed by atoms with E-state index < -0.39 is 0 Å². The van der Waals surface area contributed by atoms with Crippen LogP contribution in [0.3, 0.4) is 0 Å². The summed E-state index contributed by atoms with van der Waals surface area (Å²) in [5.74, 6) is 1.50. The fraction of sp³-hybridized carbons (Fsp3) is 0.600. The molecule has 0 bridgehead atoms. The standard InChI is InChI=1S/C15H23N3O/c1-12(2)10-17-15-13(6-5-8-16-15)14-7-3-4-9-18(14)11-19/h5-6,8,11-12,14H,3-4,7,9-10H2,1-2H3,(H,16,17)/t14-/m0/s1. The Bertz CT molecular complexity index is 420. The highest BCUT2D eigenvalue weighted by molar-refractivity contribution is 5.53. The summed E-state index contributed by atoms with van der Waals surface area (Å²) in [6.07, 6.45) is 6.09. The van der Waals surface area contributed by atoms with Crippen molar-refractivity contribution in [2.45, 2.75) is 39.2 Å². The van der Waals surface area contributed by atoms with Gasteiger partial charge in [0.05, 0.1) is 6.04 Å². The summed E-state index contributed by atoms with van der Waals surface area (Å²) < 4.78 is 0. The number of pyridine rings is 1. The molecule has 1 amide bonds. The zero-order chi connectivity index (χ0) is 13.7. The molecule has 1 aromatic rings. The topological polar surface area (TPSA) is 45.2 Å². The number of nitrogens with zero attached hydrogens (tertiary/aromatic N) is 2. The van der Waals surface area contributed by atoms with Gasteiger partial charge in [0.25, 0.3) is 0 Å². The van der Waals surface area contributed by atoms with E-state index in [4.69, 9.17) is 0 Å². The van der Waals surface area contributed by atoms with Gasteiger partial charge in [-0.2, -0.15) is 0 Å². The van der Waals surface area contributed by atoms with E-state index in [-0.39, 0.29) is 6.04 Å². The average Bonchev–Trinajstić information content (AvgIpc) is 2.45. The van der Waals surface area contributed by atoms with Crippen molar-refractivity contribution in [2.75, 3.05) is 18.4 Å². The van der Waals surface area contributed by atoms with Crippen LogP contribution < -0.4 is 5.32 Å². The average molecular weight is 261 g/mol. The summed E-state index contributed by atoms with van der Waals surface area (Å²) in [5, 5.41) is 3.40. The maximum Gasteiger partial charge on any atom is 0.210 e. The Morgan fingerprint density at radius 1 is 1.53 bits per heavy atom. The number of hydrogen-bond donors (Lipinski definition) is 1. The highest BCUT2D eigenvalue weighted by Crippen LogP contribution is 2.33. The normalized spacial score (nSPS) is 19.5. The minimum atomic E-state index is 0.176. The van der Waals surface area contributed by atoms with Crippen LogP contribution in [0.2, 0.25) is 0 Å². The molecular formula is C15H23N3O. The van der Waals surface area contributed by atoms with Gasteiger partial charge in [0.1, 0.15) is 5.82 Å². The van der Waals surface area contributed by atoms with Crippen molar-refractivity contribution in [3.05, 3.63) is 23.9 Å². The van der Waals surface area contributed by atoms with Crippen LogP contribution in [0.5, 0.6) is 0 Å². The largest absolute Gasteiger partial charge is 0.370 e. The van der Waals surface area contributed by atoms with E-state index >= 15 is 0 Å². The molecule has 19 heavy (non-hydrogen) atoms. The summed E-state index contributed by atoms with van der Waals surface area (Å²) in [6.45, 7) is 6.10. The second-order valence-electron chi connectivity index (χ2n) is 5.57. The number of carbonyl (C=O) groups is 1. The molecule has 4 heteroatoms. The van der Waals surface area contributed by atoms with Crippen LogP contribution in [0.15, 0.2) is 18.3 Å². The number of piperidine rings is 1. The van der Waals surface area contributed by atoms with Crippen molar-refractivity contribution < 1.29 is 4.79 Å². The number of aromatic nitrogens is 1. The number of carbonyl (C=O) groups excluding carboxylic acids is 1. The molecule has 2 rings (SSSR count). The van der Waals surface area contributed by atoms with Gasteiger partial charge in [-0.1, -0.05) is 19.9 Å². The molecule has 2 heterocycles. The Hall–Kier alpha value is -1.58. The predicted octanol–water partition coefficient (Wildman–Crippen LogP) is 2.83. The van der Waals surface area contributed by atoms with Gasteiger partial charge in [-0.3, -0.25) is 4.79 Å². The molecule has 0 spiro atoms. The molecule has 1 atom stereocenters. The Labute approximate surface area is 115 Å². The van der Waals surface area contributed by atoms with Crippen LogP contribution >= 0.6 is 0 Å². The Morgan fingerprint density at radius 2 is 2.37 bits per heavy atom.